The highest BCUT2D eigenvalue weighted by Crippen LogP contribution is 2.19. The van der Waals surface area contributed by atoms with Gasteiger partial charge in [-0.1, -0.05) is 12.6 Å². The predicted molar refractivity (Wildman–Crippen MR) is 75.5 cm³/mol. The molecule has 0 radical (unpaired) electrons. The van der Waals surface area contributed by atoms with E-state index in [0.29, 0.717) is 5.56 Å². The molecule has 22 heavy (non-hydrogen) atoms. The number of benzene rings is 1. The molecule has 0 spiro atoms. The molecule has 118 valence electrons. The molecular formula is C15H16O7. The molecule has 1 rings (SSSR count). The molecule has 1 aromatic carbocycles. The van der Waals surface area contributed by atoms with E-state index in [-0.39, 0.29) is 30.8 Å². The van der Waals surface area contributed by atoms with E-state index >= 15 is 0 Å². The van der Waals surface area contributed by atoms with Gasteiger partial charge in [-0.2, -0.15) is 0 Å². The Labute approximate surface area is 126 Å². The maximum absolute atomic E-state index is 11.5. The second-order valence-corrected chi connectivity index (χ2v) is 4.47. The van der Waals surface area contributed by atoms with E-state index < -0.39 is 23.7 Å². The molecule has 0 unspecified atom stereocenters. The first-order valence-electron chi connectivity index (χ1n) is 6.34. The van der Waals surface area contributed by atoms with E-state index in [1.165, 1.54) is 25.1 Å². The summed E-state index contributed by atoms with van der Waals surface area (Å²) < 4.78 is 9.59. The Hall–Kier alpha value is -2.83. The first kappa shape index (κ1) is 17.2. The van der Waals surface area contributed by atoms with Crippen LogP contribution in [-0.4, -0.2) is 41.3 Å². The molecule has 1 aromatic rings. The van der Waals surface area contributed by atoms with Gasteiger partial charge in [-0.25, -0.2) is 9.59 Å². The number of phenols is 1. The van der Waals surface area contributed by atoms with Crippen molar-refractivity contribution in [2.24, 2.45) is 0 Å². The molecule has 0 bridgehead atoms. The minimum Gasteiger partial charge on any atom is -0.507 e. The number of hydrogen-bond acceptors (Lipinski definition) is 6. The van der Waals surface area contributed by atoms with E-state index in [2.05, 4.69) is 6.58 Å². The molecule has 7 heteroatoms. The molecule has 0 atom stereocenters. The second kappa shape index (κ2) is 7.82. The Morgan fingerprint density at radius 3 is 2.36 bits per heavy atom. The van der Waals surface area contributed by atoms with Crippen molar-refractivity contribution in [1.82, 2.24) is 0 Å². The van der Waals surface area contributed by atoms with Gasteiger partial charge in [0.15, 0.2) is 0 Å². The molecular weight excluding hydrogens is 292 g/mol. The van der Waals surface area contributed by atoms with Crippen LogP contribution in [0.4, 0.5) is 0 Å². The monoisotopic (exact) mass is 308 g/mol. The van der Waals surface area contributed by atoms with Gasteiger partial charge >= 0.3 is 17.9 Å². The summed E-state index contributed by atoms with van der Waals surface area (Å²) in [6.07, 6.45) is -0.137. The lowest BCUT2D eigenvalue weighted by Gasteiger charge is -2.07. The number of rotatable bonds is 7. The largest absolute Gasteiger partial charge is 0.507 e. The van der Waals surface area contributed by atoms with Gasteiger partial charge in [0.1, 0.15) is 24.5 Å². The van der Waals surface area contributed by atoms with Crippen LogP contribution < -0.4 is 0 Å². The van der Waals surface area contributed by atoms with Gasteiger partial charge in [0, 0.05) is 5.57 Å². The van der Waals surface area contributed by atoms with Crippen molar-refractivity contribution >= 4 is 17.9 Å². The highest BCUT2D eigenvalue weighted by Gasteiger charge is 2.12. The second-order valence-electron chi connectivity index (χ2n) is 4.47. The quantitative estimate of drug-likeness (QED) is 0.443. The summed E-state index contributed by atoms with van der Waals surface area (Å²) in [5.41, 5.74) is 0.413. The number of aromatic carboxylic acids is 1. The zero-order valence-electron chi connectivity index (χ0n) is 12.0. The fourth-order valence-corrected chi connectivity index (χ4v) is 1.50. The topological polar surface area (TPSA) is 110 Å². The summed E-state index contributed by atoms with van der Waals surface area (Å²) >= 11 is 0. The number of carbonyl (C=O) groups is 3. The lowest BCUT2D eigenvalue weighted by Crippen LogP contribution is -2.15. The highest BCUT2D eigenvalue weighted by molar-refractivity contribution is 5.91. The maximum Gasteiger partial charge on any atom is 0.339 e. The molecule has 7 nitrogen and oxygen atoms in total. The first-order chi connectivity index (χ1) is 10.3. The standard InChI is InChI=1S/C15H16O7/c1-9(2)15(20)22-6-5-21-13(17)8-10-3-4-11(14(18)19)12(16)7-10/h3-4,7,16H,1,5-6,8H2,2H3,(H,18,19). The maximum atomic E-state index is 11.5. The number of aromatic hydroxyl groups is 1. The molecule has 0 saturated heterocycles. The number of ether oxygens (including phenoxy) is 2. The summed E-state index contributed by atoms with van der Waals surface area (Å²) in [5, 5.41) is 18.3. The smallest absolute Gasteiger partial charge is 0.339 e. The molecule has 0 aliphatic rings. The number of carboxylic acid groups (broad SMARTS) is 1. The first-order valence-corrected chi connectivity index (χ1v) is 6.34. The third kappa shape index (κ3) is 5.28. The normalized spacial score (nSPS) is 9.86. The molecule has 0 aliphatic carbocycles. The Kier molecular flexibility index (Phi) is 6.12. The van der Waals surface area contributed by atoms with Gasteiger partial charge in [0.25, 0.3) is 0 Å². The van der Waals surface area contributed by atoms with Crippen molar-refractivity contribution in [3.63, 3.8) is 0 Å². The van der Waals surface area contributed by atoms with Crippen molar-refractivity contribution in [1.29, 1.82) is 0 Å². The average Bonchev–Trinajstić information content (AvgIpc) is 2.42. The van der Waals surface area contributed by atoms with Gasteiger partial charge in [-0.15, -0.1) is 0 Å². The van der Waals surface area contributed by atoms with Crippen LogP contribution in [0.2, 0.25) is 0 Å². The van der Waals surface area contributed by atoms with Crippen LogP contribution in [0.5, 0.6) is 5.75 Å². The van der Waals surface area contributed by atoms with Crippen LogP contribution in [-0.2, 0) is 25.5 Å². The Balaban J connectivity index is 2.42. The Bertz CT molecular complexity index is 604. The molecule has 0 heterocycles. The molecule has 2 N–H and O–H groups in total. The SMILES string of the molecule is C=C(C)C(=O)OCCOC(=O)Cc1ccc(C(=O)O)c(O)c1. The van der Waals surface area contributed by atoms with E-state index in [4.69, 9.17) is 14.6 Å². The lowest BCUT2D eigenvalue weighted by molar-refractivity contribution is -0.149. The molecule has 0 aliphatic heterocycles. The zero-order valence-corrected chi connectivity index (χ0v) is 12.0. The van der Waals surface area contributed by atoms with Crippen molar-refractivity contribution in [2.45, 2.75) is 13.3 Å². The zero-order chi connectivity index (χ0) is 16.7. The van der Waals surface area contributed by atoms with Crippen molar-refractivity contribution in [3.8, 4) is 5.75 Å². The van der Waals surface area contributed by atoms with E-state index in [1.807, 2.05) is 0 Å². The van der Waals surface area contributed by atoms with Crippen LogP contribution >= 0.6 is 0 Å². The highest BCUT2D eigenvalue weighted by atomic mass is 16.6. The number of carboxylic acids is 1. The van der Waals surface area contributed by atoms with Crippen molar-refractivity contribution in [3.05, 3.63) is 41.5 Å². The average molecular weight is 308 g/mol. The van der Waals surface area contributed by atoms with Crippen LogP contribution in [0, 0.1) is 0 Å². The number of hydrogen-bond donors (Lipinski definition) is 2. The third-order valence-corrected chi connectivity index (χ3v) is 2.57. The van der Waals surface area contributed by atoms with Gasteiger partial charge in [0.2, 0.25) is 0 Å². The molecule has 0 saturated carbocycles. The van der Waals surface area contributed by atoms with Crippen LogP contribution in [0.1, 0.15) is 22.8 Å². The molecule has 0 amide bonds. The van der Waals surface area contributed by atoms with Crippen LogP contribution in [0.25, 0.3) is 0 Å². The Morgan fingerprint density at radius 2 is 1.82 bits per heavy atom. The van der Waals surface area contributed by atoms with Crippen molar-refractivity contribution in [2.75, 3.05) is 13.2 Å². The summed E-state index contributed by atoms with van der Waals surface area (Å²) in [4.78, 5) is 33.3. The van der Waals surface area contributed by atoms with E-state index in [1.54, 1.807) is 0 Å². The minimum absolute atomic E-state index is 0.0827. The van der Waals surface area contributed by atoms with Crippen molar-refractivity contribution < 1.29 is 34.1 Å². The van der Waals surface area contributed by atoms with Gasteiger partial charge in [-0.05, 0) is 24.6 Å². The summed E-state index contributed by atoms with van der Waals surface area (Å²) in [6.45, 7) is 4.72. The molecule has 0 aromatic heterocycles. The van der Waals surface area contributed by atoms with E-state index in [9.17, 15) is 19.5 Å². The van der Waals surface area contributed by atoms with E-state index in [0.717, 1.165) is 0 Å². The van der Waals surface area contributed by atoms with Gasteiger partial charge in [0.05, 0.1) is 6.42 Å². The number of esters is 2. The lowest BCUT2D eigenvalue weighted by atomic mass is 10.1. The van der Waals surface area contributed by atoms with Gasteiger partial charge in [-0.3, -0.25) is 4.79 Å². The number of carbonyl (C=O) groups excluding carboxylic acids is 2. The third-order valence-electron chi connectivity index (χ3n) is 2.57. The summed E-state index contributed by atoms with van der Waals surface area (Å²) in [7, 11) is 0. The fourth-order valence-electron chi connectivity index (χ4n) is 1.50. The van der Waals surface area contributed by atoms with Gasteiger partial charge < -0.3 is 19.7 Å². The Morgan fingerprint density at radius 1 is 1.18 bits per heavy atom. The summed E-state index contributed by atoms with van der Waals surface area (Å²) in [6, 6.07) is 3.80. The minimum atomic E-state index is -1.26. The van der Waals surface area contributed by atoms with Crippen LogP contribution in [0.3, 0.4) is 0 Å². The van der Waals surface area contributed by atoms with Crippen LogP contribution in [0.15, 0.2) is 30.4 Å². The predicted octanol–water partition coefficient (Wildman–Crippen LogP) is 1.30. The summed E-state index contributed by atoms with van der Waals surface area (Å²) in [5.74, 6) is -2.83. The fraction of sp³-hybridized carbons (Fsp3) is 0.267. The molecule has 0 fully saturated rings.